The molecule has 0 fully saturated rings. The van der Waals surface area contributed by atoms with E-state index in [1.807, 2.05) is 0 Å². The Morgan fingerprint density at radius 2 is 2.36 bits per heavy atom. The summed E-state index contributed by atoms with van der Waals surface area (Å²) >= 11 is 3.27. The van der Waals surface area contributed by atoms with E-state index in [1.54, 1.807) is 0 Å². The fraction of sp³-hybridized carbons (Fsp3) is 0.625. The summed E-state index contributed by atoms with van der Waals surface area (Å²) in [6.45, 7) is 8.03. The maximum absolute atomic E-state index is 8.44. The van der Waals surface area contributed by atoms with Gasteiger partial charge in [-0.3, -0.25) is 4.90 Å². The highest BCUT2D eigenvalue weighted by Crippen LogP contribution is 2.03. The Morgan fingerprint density at radius 3 is 2.73 bits per heavy atom. The first-order chi connectivity index (χ1) is 5.20. The van der Waals surface area contributed by atoms with Crippen molar-refractivity contribution in [2.75, 3.05) is 19.6 Å². The Morgan fingerprint density at radius 1 is 1.73 bits per heavy atom. The van der Waals surface area contributed by atoms with Crippen molar-refractivity contribution in [3.63, 3.8) is 0 Å². The van der Waals surface area contributed by atoms with Crippen molar-refractivity contribution in [1.29, 1.82) is 5.26 Å². The molecule has 0 aromatic carbocycles. The zero-order valence-corrected chi connectivity index (χ0v) is 8.39. The van der Waals surface area contributed by atoms with Gasteiger partial charge < -0.3 is 0 Å². The zero-order chi connectivity index (χ0) is 8.69. The summed E-state index contributed by atoms with van der Waals surface area (Å²) in [4.78, 5) is 2.05. The molecule has 0 aliphatic heterocycles. The lowest BCUT2D eigenvalue weighted by molar-refractivity contribution is 0.338. The van der Waals surface area contributed by atoms with Crippen LogP contribution in [0, 0.1) is 11.3 Å². The maximum atomic E-state index is 8.44. The van der Waals surface area contributed by atoms with E-state index in [0.29, 0.717) is 6.54 Å². The molecule has 62 valence electrons. The van der Waals surface area contributed by atoms with Crippen LogP contribution in [0.2, 0.25) is 0 Å². The molecule has 0 aliphatic rings. The summed E-state index contributed by atoms with van der Waals surface area (Å²) in [6.07, 6.45) is 1.07. The van der Waals surface area contributed by atoms with Crippen molar-refractivity contribution < 1.29 is 0 Å². The minimum atomic E-state index is 0.485. The highest BCUT2D eigenvalue weighted by atomic mass is 79.9. The Kier molecular flexibility index (Phi) is 6.19. The molecule has 3 heteroatoms. The number of halogens is 1. The van der Waals surface area contributed by atoms with Gasteiger partial charge in [0.1, 0.15) is 0 Å². The molecule has 0 aromatic rings. The smallest absolute Gasteiger partial charge is 0.0869 e. The average Bonchev–Trinajstić information content (AvgIpc) is 1.87. The Labute approximate surface area is 76.6 Å². The highest BCUT2D eigenvalue weighted by Gasteiger charge is 2.02. The number of rotatable bonds is 5. The van der Waals surface area contributed by atoms with Crippen LogP contribution in [0.1, 0.15) is 13.3 Å². The van der Waals surface area contributed by atoms with Crippen LogP contribution in [0.5, 0.6) is 0 Å². The van der Waals surface area contributed by atoms with Gasteiger partial charge in [0.05, 0.1) is 12.6 Å². The average molecular weight is 217 g/mol. The number of hydrogen-bond acceptors (Lipinski definition) is 2. The monoisotopic (exact) mass is 216 g/mol. The normalized spacial score (nSPS) is 9.64. The summed E-state index contributed by atoms with van der Waals surface area (Å²) in [5, 5.41) is 8.44. The van der Waals surface area contributed by atoms with Gasteiger partial charge in [0, 0.05) is 11.0 Å². The predicted octanol–water partition coefficient (Wildman–Crippen LogP) is 2.13. The molecule has 2 nitrogen and oxygen atoms in total. The lowest BCUT2D eigenvalue weighted by Gasteiger charge is -2.16. The van der Waals surface area contributed by atoms with Crippen molar-refractivity contribution in [2.24, 2.45) is 0 Å². The van der Waals surface area contributed by atoms with Crippen LogP contribution in [-0.2, 0) is 0 Å². The van der Waals surface area contributed by atoms with Crippen molar-refractivity contribution in [1.82, 2.24) is 4.90 Å². The molecule has 11 heavy (non-hydrogen) atoms. The van der Waals surface area contributed by atoms with Gasteiger partial charge in [0.25, 0.3) is 0 Å². The molecule has 0 amide bonds. The van der Waals surface area contributed by atoms with Crippen molar-refractivity contribution in [3.05, 3.63) is 11.1 Å². The van der Waals surface area contributed by atoms with E-state index < -0.39 is 0 Å². The molecule has 0 radical (unpaired) electrons. The van der Waals surface area contributed by atoms with Gasteiger partial charge in [0.2, 0.25) is 0 Å². The second-order valence-corrected chi connectivity index (χ2v) is 3.51. The molecular weight excluding hydrogens is 204 g/mol. The van der Waals surface area contributed by atoms with Crippen LogP contribution in [0.15, 0.2) is 11.1 Å². The van der Waals surface area contributed by atoms with Crippen LogP contribution in [0.4, 0.5) is 0 Å². The topological polar surface area (TPSA) is 27.0 Å². The quantitative estimate of drug-likeness (QED) is 0.659. The minimum Gasteiger partial charge on any atom is -0.286 e. The SMILES string of the molecule is C=C(Br)CN(CC#N)CCC. The number of nitriles is 1. The summed E-state index contributed by atoms with van der Waals surface area (Å²) in [6, 6.07) is 2.12. The number of nitrogens with zero attached hydrogens (tertiary/aromatic N) is 2. The molecular formula is C8H13BrN2. The second kappa shape index (κ2) is 6.38. The second-order valence-electron chi connectivity index (χ2n) is 2.39. The molecule has 0 rings (SSSR count). The Bertz CT molecular complexity index is 160. The van der Waals surface area contributed by atoms with E-state index in [4.69, 9.17) is 5.26 Å². The van der Waals surface area contributed by atoms with Gasteiger partial charge in [-0.2, -0.15) is 5.26 Å². The predicted molar refractivity (Wildman–Crippen MR) is 50.4 cm³/mol. The Hall–Kier alpha value is -0.330. The minimum absolute atomic E-state index is 0.485. The molecule has 0 saturated carbocycles. The van der Waals surface area contributed by atoms with Gasteiger partial charge in [-0.15, -0.1) is 0 Å². The van der Waals surface area contributed by atoms with Gasteiger partial charge in [-0.1, -0.05) is 29.4 Å². The van der Waals surface area contributed by atoms with E-state index in [0.717, 1.165) is 24.0 Å². The first-order valence-corrected chi connectivity index (χ1v) is 4.42. The van der Waals surface area contributed by atoms with E-state index >= 15 is 0 Å². The molecule has 0 aliphatic carbocycles. The van der Waals surface area contributed by atoms with Gasteiger partial charge >= 0.3 is 0 Å². The van der Waals surface area contributed by atoms with Crippen LogP contribution in [0.25, 0.3) is 0 Å². The largest absolute Gasteiger partial charge is 0.286 e. The van der Waals surface area contributed by atoms with E-state index in [-0.39, 0.29) is 0 Å². The Balaban J connectivity index is 3.70. The number of hydrogen-bond donors (Lipinski definition) is 0. The summed E-state index contributed by atoms with van der Waals surface area (Å²) < 4.78 is 0.932. The van der Waals surface area contributed by atoms with Crippen molar-refractivity contribution in [2.45, 2.75) is 13.3 Å². The van der Waals surface area contributed by atoms with Crippen LogP contribution in [0.3, 0.4) is 0 Å². The highest BCUT2D eigenvalue weighted by molar-refractivity contribution is 9.11. The molecule has 0 unspecified atom stereocenters. The summed E-state index contributed by atoms with van der Waals surface area (Å²) in [7, 11) is 0. The van der Waals surface area contributed by atoms with Gasteiger partial charge in [-0.25, -0.2) is 0 Å². The summed E-state index contributed by atoms with van der Waals surface area (Å²) in [5.41, 5.74) is 0. The molecule has 0 N–H and O–H groups in total. The third kappa shape index (κ3) is 6.08. The first-order valence-electron chi connectivity index (χ1n) is 3.63. The lowest BCUT2D eigenvalue weighted by atomic mass is 10.4. The molecule has 0 spiro atoms. The van der Waals surface area contributed by atoms with Crippen molar-refractivity contribution in [3.8, 4) is 6.07 Å². The third-order valence-electron chi connectivity index (χ3n) is 1.23. The van der Waals surface area contributed by atoms with E-state index in [2.05, 4.69) is 40.4 Å². The standard InChI is InChI=1S/C8H13BrN2/c1-3-5-11(6-4-10)7-8(2)9/h2-3,5-7H2,1H3. The summed E-state index contributed by atoms with van der Waals surface area (Å²) in [5.74, 6) is 0. The zero-order valence-electron chi connectivity index (χ0n) is 6.81. The third-order valence-corrected chi connectivity index (χ3v) is 1.48. The lowest BCUT2D eigenvalue weighted by Crippen LogP contribution is -2.25. The van der Waals surface area contributed by atoms with E-state index in [1.165, 1.54) is 0 Å². The molecule has 0 bridgehead atoms. The maximum Gasteiger partial charge on any atom is 0.0869 e. The van der Waals surface area contributed by atoms with Gasteiger partial charge in [-0.05, 0) is 13.0 Å². The van der Waals surface area contributed by atoms with Crippen LogP contribution in [-0.4, -0.2) is 24.5 Å². The molecule has 0 heterocycles. The van der Waals surface area contributed by atoms with Crippen LogP contribution >= 0.6 is 15.9 Å². The first kappa shape index (κ1) is 10.7. The fourth-order valence-electron chi connectivity index (χ4n) is 0.873. The molecule has 0 saturated heterocycles. The van der Waals surface area contributed by atoms with Crippen LogP contribution < -0.4 is 0 Å². The molecule has 0 atom stereocenters. The van der Waals surface area contributed by atoms with E-state index in [9.17, 15) is 0 Å². The van der Waals surface area contributed by atoms with Crippen molar-refractivity contribution >= 4 is 15.9 Å². The fourth-order valence-corrected chi connectivity index (χ4v) is 1.23. The molecule has 0 aromatic heterocycles. The van der Waals surface area contributed by atoms with Gasteiger partial charge in [0.15, 0.2) is 0 Å².